The molecule has 1 heterocycles. The van der Waals surface area contributed by atoms with Gasteiger partial charge >= 0.3 is 0 Å². The Bertz CT molecular complexity index is 646. The molecule has 1 atom stereocenters. The van der Waals surface area contributed by atoms with Gasteiger partial charge in [-0.25, -0.2) is 4.39 Å². The van der Waals surface area contributed by atoms with Gasteiger partial charge in [-0.1, -0.05) is 30.3 Å². The van der Waals surface area contributed by atoms with E-state index < -0.39 is 0 Å². The van der Waals surface area contributed by atoms with Gasteiger partial charge in [-0.05, 0) is 29.3 Å². The zero-order valence-corrected chi connectivity index (χ0v) is 11.8. The number of hydrogen-bond acceptors (Lipinski definition) is 2. The number of fused-ring (bicyclic) bond motifs is 1. The summed E-state index contributed by atoms with van der Waals surface area (Å²) in [5, 5.41) is 3.25. The van der Waals surface area contributed by atoms with E-state index >= 15 is 0 Å². The summed E-state index contributed by atoms with van der Waals surface area (Å²) in [5.41, 5.74) is 2.98. The van der Waals surface area contributed by atoms with Crippen molar-refractivity contribution in [2.75, 3.05) is 12.4 Å². The van der Waals surface area contributed by atoms with Crippen LogP contribution in [0.15, 0.2) is 48.5 Å². The molecular formula is C17H17FN2O. The van der Waals surface area contributed by atoms with Gasteiger partial charge in [0.1, 0.15) is 11.9 Å². The van der Waals surface area contributed by atoms with E-state index in [1.54, 1.807) is 18.0 Å². The van der Waals surface area contributed by atoms with Gasteiger partial charge in [0.2, 0.25) is 5.91 Å². The number of hydrogen-bond donors (Lipinski definition) is 1. The molecule has 2 aromatic rings. The van der Waals surface area contributed by atoms with Crippen LogP contribution in [-0.2, 0) is 17.8 Å². The summed E-state index contributed by atoms with van der Waals surface area (Å²) in [6.07, 6.45) is 0.697. The molecule has 2 aromatic carbocycles. The molecule has 1 N–H and O–H groups in total. The second-order valence-corrected chi connectivity index (χ2v) is 5.38. The third-order valence-electron chi connectivity index (χ3n) is 3.75. The Hall–Kier alpha value is -2.36. The predicted molar refractivity (Wildman–Crippen MR) is 80.4 cm³/mol. The smallest absolute Gasteiger partial charge is 0.245 e. The van der Waals surface area contributed by atoms with E-state index in [4.69, 9.17) is 0 Å². The molecule has 0 fully saturated rings. The van der Waals surface area contributed by atoms with Crippen LogP contribution < -0.4 is 5.32 Å². The first kappa shape index (κ1) is 13.6. The number of rotatable bonds is 3. The second kappa shape index (κ2) is 5.56. The van der Waals surface area contributed by atoms with Crippen molar-refractivity contribution in [1.29, 1.82) is 0 Å². The highest BCUT2D eigenvalue weighted by Crippen LogP contribution is 2.26. The number of anilines is 1. The van der Waals surface area contributed by atoms with Crippen molar-refractivity contribution in [3.8, 4) is 0 Å². The van der Waals surface area contributed by atoms with E-state index in [9.17, 15) is 9.18 Å². The largest absolute Gasteiger partial charge is 0.373 e. The molecule has 4 heteroatoms. The molecule has 0 aliphatic carbocycles. The van der Waals surface area contributed by atoms with E-state index in [2.05, 4.69) is 5.32 Å². The molecule has 0 aromatic heterocycles. The minimum Gasteiger partial charge on any atom is -0.373 e. The average Bonchev–Trinajstić information content (AvgIpc) is 2.90. The lowest BCUT2D eigenvalue weighted by atomic mass is 10.1. The first-order valence-electron chi connectivity index (χ1n) is 6.97. The number of likely N-dealkylation sites (N-methyl/N-ethyl adjacent to an activating group) is 1. The molecule has 0 spiro atoms. The van der Waals surface area contributed by atoms with Crippen LogP contribution in [0.1, 0.15) is 11.1 Å². The van der Waals surface area contributed by atoms with Crippen LogP contribution in [0.3, 0.4) is 0 Å². The number of carbonyl (C=O) groups is 1. The highest BCUT2D eigenvalue weighted by molar-refractivity contribution is 5.87. The number of halogens is 1. The molecule has 0 saturated carbocycles. The van der Waals surface area contributed by atoms with Gasteiger partial charge in [0.05, 0.1) is 0 Å². The molecule has 1 aliphatic heterocycles. The van der Waals surface area contributed by atoms with Crippen molar-refractivity contribution in [1.82, 2.24) is 4.90 Å². The summed E-state index contributed by atoms with van der Waals surface area (Å²) >= 11 is 0. The monoisotopic (exact) mass is 284 g/mol. The molecule has 1 amide bonds. The minimum atomic E-state index is -0.278. The Balaban J connectivity index is 1.66. The first-order valence-corrected chi connectivity index (χ1v) is 6.97. The van der Waals surface area contributed by atoms with E-state index in [0.717, 1.165) is 16.8 Å². The summed E-state index contributed by atoms with van der Waals surface area (Å²) in [6.45, 7) is 0.408. The van der Waals surface area contributed by atoms with Gasteiger partial charge < -0.3 is 10.2 Å². The van der Waals surface area contributed by atoms with Gasteiger partial charge in [0, 0.05) is 25.7 Å². The fourth-order valence-electron chi connectivity index (χ4n) is 2.70. The van der Waals surface area contributed by atoms with Crippen molar-refractivity contribution < 1.29 is 9.18 Å². The van der Waals surface area contributed by atoms with Crippen molar-refractivity contribution in [3.63, 3.8) is 0 Å². The number of benzene rings is 2. The van der Waals surface area contributed by atoms with E-state index in [0.29, 0.717) is 13.0 Å². The maximum absolute atomic E-state index is 13.2. The van der Waals surface area contributed by atoms with Crippen molar-refractivity contribution in [3.05, 3.63) is 65.5 Å². The molecule has 21 heavy (non-hydrogen) atoms. The Morgan fingerprint density at radius 1 is 1.29 bits per heavy atom. The molecule has 0 bridgehead atoms. The van der Waals surface area contributed by atoms with Gasteiger partial charge in [-0.2, -0.15) is 0 Å². The third kappa shape index (κ3) is 2.89. The third-order valence-corrected chi connectivity index (χ3v) is 3.75. The number of carbonyl (C=O) groups excluding carboxylic acids is 1. The summed E-state index contributed by atoms with van der Waals surface area (Å²) in [6, 6.07) is 14.1. The zero-order valence-electron chi connectivity index (χ0n) is 11.8. The summed E-state index contributed by atoms with van der Waals surface area (Å²) < 4.78 is 13.2. The van der Waals surface area contributed by atoms with E-state index in [1.807, 2.05) is 30.3 Å². The lowest BCUT2D eigenvalue weighted by molar-refractivity contribution is -0.131. The molecular weight excluding hydrogens is 267 g/mol. The minimum absolute atomic E-state index is 0.0236. The van der Waals surface area contributed by atoms with Crippen LogP contribution in [0.25, 0.3) is 0 Å². The van der Waals surface area contributed by atoms with E-state index in [-0.39, 0.29) is 17.8 Å². The van der Waals surface area contributed by atoms with Gasteiger partial charge in [-0.3, -0.25) is 4.79 Å². The summed E-state index contributed by atoms with van der Waals surface area (Å²) in [5.74, 6) is -0.254. The average molecular weight is 284 g/mol. The van der Waals surface area contributed by atoms with Crippen molar-refractivity contribution >= 4 is 11.6 Å². The molecule has 3 nitrogen and oxygen atoms in total. The van der Waals surface area contributed by atoms with Gasteiger partial charge in [-0.15, -0.1) is 0 Å². The quantitative estimate of drug-likeness (QED) is 0.940. The van der Waals surface area contributed by atoms with Gasteiger partial charge in [0.25, 0.3) is 0 Å². The molecule has 108 valence electrons. The number of amides is 1. The lowest BCUT2D eigenvalue weighted by Crippen LogP contribution is -2.39. The molecule has 0 radical (unpaired) electrons. The molecule has 0 saturated heterocycles. The standard InChI is InChI=1S/C17H17FN2O/c1-20(11-12-5-4-7-14(18)9-12)17(21)16-10-13-6-2-3-8-15(13)19-16/h2-9,16,19H,10-11H2,1H3. The lowest BCUT2D eigenvalue weighted by Gasteiger charge is -2.21. The number of para-hydroxylation sites is 1. The maximum Gasteiger partial charge on any atom is 0.245 e. The Morgan fingerprint density at radius 3 is 2.86 bits per heavy atom. The Kier molecular flexibility index (Phi) is 3.60. The van der Waals surface area contributed by atoms with Crippen molar-refractivity contribution in [2.45, 2.75) is 19.0 Å². The van der Waals surface area contributed by atoms with Crippen LogP contribution >= 0.6 is 0 Å². The molecule has 1 unspecified atom stereocenters. The number of nitrogens with one attached hydrogen (secondary N) is 1. The zero-order chi connectivity index (χ0) is 14.8. The van der Waals surface area contributed by atoms with Crippen molar-refractivity contribution in [2.24, 2.45) is 0 Å². The highest BCUT2D eigenvalue weighted by Gasteiger charge is 2.28. The van der Waals surface area contributed by atoms with Crippen LogP contribution in [-0.4, -0.2) is 23.9 Å². The normalized spacial score (nSPS) is 16.2. The van der Waals surface area contributed by atoms with Crippen LogP contribution in [0.4, 0.5) is 10.1 Å². The Labute approximate surface area is 123 Å². The number of nitrogens with zero attached hydrogens (tertiary/aromatic N) is 1. The molecule has 1 aliphatic rings. The fraction of sp³-hybridized carbons (Fsp3) is 0.235. The summed E-state index contributed by atoms with van der Waals surface area (Å²) in [7, 11) is 1.75. The Morgan fingerprint density at radius 2 is 2.10 bits per heavy atom. The summed E-state index contributed by atoms with van der Waals surface area (Å²) in [4.78, 5) is 14.1. The SMILES string of the molecule is CN(Cc1cccc(F)c1)C(=O)C1Cc2ccccc2N1. The van der Waals surface area contributed by atoms with Crippen LogP contribution in [0.5, 0.6) is 0 Å². The second-order valence-electron chi connectivity index (χ2n) is 5.38. The van der Waals surface area contributed by atoms with Gasteiger partial charge in [0.15, 0.2) is 0 Å². The van der Waals surface area contributed by atoms with Crippen LogP contribution in [0.2, 0.25) is 0 Å². The van der Waals surface area contributed by atoms with Crippen LogP contribution in [0, 0.1) is 5.82 Å². The highest BCUT2D eigenvalue weighted by atomic mass is 19.1. The van der Waals surface area contributed by atoms with E-state index in [1.165, 1.54) is 12.1 Å². The topological polar surface area (TPSA) is 32.3 Å². The predicted octanol–water partition coefficient (Wildman–Crippen LogP) is 2.82. The fourth-order valence-corrected chi connectivity index (χ4v) is 2.70. The molecule has 3 rings (SSSR count). The first-order chi connectivity index (χ1) is 10.1. The maximum atomic E-state index is 13.2.